The molecule has 0 radical (unpaired) electrons. The number of hydrogen-bond donors (Lipinski definition) is 2. The topological polar surface area (TPSA) is 49.9 Å². The molecule has 1 aliphatic rings. The molecule has 0 unspecified atom stereocenters. The van der Waals surface area contributed by atoms with Crippen LogP contribution in [0.4, 0.5) is 8.78 Å². The SMILES string of the molecule is FC(F)Oc1ccc(-c2cnc(CNCC3CC3)[nH]2)cc1. The number of rotatable bonds is 7. The Balaban J connectivity index is 1.59. The second kappa shape index (κ2) is 6.22. The maximum absolute atomic E-state index is 12.1. The number of ether oxygens (including phenoxy) is 1. The zero-order valence-electron chi connectivity index (χ0n) is 11.5. The van der Waals surface area contributed by atoms with Crippen LogP contribution in [0.15, 0.2) is 30.5 Å². The van der Waals surface area contributed by atoms with Gasteiger partial charge in [-0.1, -0.05) is 0 Å². The van der Waals surface area contributed by atoms with Crippen molar-refractivity contribution in [3.8, 4) is 17.0 Å². The summed E-state index contributed by atoms with van der Waals surface area (Å²) >= 11 is 0. The van der Waals surface area contributed by atoms with E-state index < -0.39 is 6.61 Å². The van der Waals surface area contributed by atoms with Gasteiger partial charge in [0, 0.05) is 0 Å². The van der Waals surface area contributed by atoms with Crippen LogP contribution in [0.2, 0.25) is 0 Å². The molecule has 2 aromatic rings. The first-order valence-electron chi connectivity index (χ1n) is 7.00. The standard InChI is InChI=1S/C15H17F2N3O/c16-15(17)21-12-5-3-11(4-6-12)13-8-19-14(20-13)9-18-7-10-1-2-10/h3-6,8,10,15,18H,1-2,7,9H2,(H,19,20). The third kappa shape index (κ3) is 4.01. The van der Waals surface area contributed by atoms with E-state index in [0.717, 1.165) is 29.5 Å². The molecule has 1 saturated carbocycles. The maximum atomic E-state index is 12.1. The predicted octanol–water partition coefficient (Wildman–Crippen LogP) is 3.18. The summed E-state index contributed by atoms with van der Waals surface area (Å²) < 4.78 is 28.5. The number of hydrogen-bond acceptors (Lipinski definition) is 3. The normalized spacial score (nSPS) is 14.6. The second-order valence-electron chi connectivity index (χ2n) is 5.22. The van der Waals surface area contributed by atoms with Crippen LogP contribution in [0.5, 0.6) is 5.75 Å². The number of H-pyrrole nitrogens is 1. The molecule has 21 heavy (non-hydrogen) atoms. The summed E-state index contributed by atoms with van der Waals surface area (Å²) in [6, 6.07) is 6.50. The van der Waals surface area contributed by atoms with Crippen LogP contribution in [0.3, 0.4) is 0 Å². The summed E-state index contributed by atoms with van der Waals surface area (Å²) in [5.74, 6) is 1.86. The summed E-state index contributed by atoms with van der Waals surface area (Å²) in [6.07, 6.45) is 4.39. The van der Waals surface area contributed by atoms with Gasteiger partial charge in [0.2, 0.25) is 0 Å². The van der Waals surface area contributed by atoms with Crippen LogP contribution >= 0.6 is 0 Å². The number of halogens is 2. The molecule has 1 heterocycles. The molecule has 112 valence electrons. The number of benzene rings is 1. The van der Waals surface area contributed by atoms with Crippen molar-refractivity contribution >= 4 is 0 Å². The van der Waals surface area contributed by atoms with Crippen molar-refractivity contribution < 1.29 is 13.5 Å². The lowest BCUT2D eigenvalue weighted by Crippen LogP contribution is -2.16. The fourth-order valence-electron chi connectivity index (χ4n) is 2.13. The highest BCUT2D eigenvalue weighted by Gasteiger charge is 2.20. The molecule has 0 atom stereocenters. The summed E-state index contributed by atoms with van der Waals surface area (Å²) in [5.41, 5.74) is 1.75. The minimum Gasteiger partial charge on any atom is -0.435 e. The maximum Gasteiger partial charge on any atom is 0.387 e. The van der Waals surface area contributed by atoms with Gasteiger partial charge in [0.1, 0.15) is 11.6 Å². The van der Waals surface area contributed by atoms with E-state index in [1.165, 1.54) is 25.0 Å². The van der Waals surface area contributed by atoms with Gasteiger partial charge >= 0.3 is 6.61 Å². The van der Waals surface area contributed by atoms with Crippen molar-refractivity contribution in [1.82, 2.24) is 15.3 Å². The molecular formula is C15H17F2N3O. The van der Waals surface area contributed by atoms with Crippen molar-refractivity contribution in [2.75, 3.05) is 6.54 Å². The minimum absolute atomic E-state index is 0.152. The lowest BCUT2D eigenvalue weighted by Gasteiger charge is -2.04. The van der Waals surface area contributed by atoms with Crippen LogP contribution in [-0.2, 0) is 6.54 Å². The fourth-order valence-corrected chi connectivity index (χ4v) is 2.13. The van der Waals surface area contributed by atoms with Gasteiger partial charge in [0.05, 0.1) is 18.4 Å². The molecule has 1 aliphatic carbocycles. The summed E-state index contributed by atoms with van der Waals surface area (Å²) in [5, 5.41) is 3.36. The number of alkyl halides is 2. The average Bonchev–Trinajstić information content (AvgIpc) is 3.16. The zero-order chi connectivity index (χ0) is 14.7. The van der Waals surface area contributed by atoms with Gasteiger partial charge in [-0.15, -0.1) is 0 Å². The molecule has 0 bridgehead atoms. The minimum atomic E-state index is -2.80. The highest BCUT2D eigenvalue weighted by Crippen LogP contribution is 2.27. The molecule has 3 rings (SSSR count). The molecule has 0 spiro atoms. The Bertz CT molecular complexity index is 579. The molecule has 1 fully saturated rings. The van der Waals surface area contributed by atoms with Gasteiger partial charge in [0.15, 0.2) is 0 Å². The Morgan fingerprint density at radius 2 is 2.05 bits per heavy atom. The first kappa shape index (κ1) is 14.0. The first-order chi connectivity index (χ1) is 10.2. The van der Waals surface area contributed by atoms with Crippen LogP contribution in [0, 0.1) is 5.92 Å². The number of nitrogens with zero attached hydrogens (tertiary/aromatic N) is 1. The van der Waals surface area contributed by atoms with Gasteiger partial charge in [-0.3, -0.25) is 0 Å². The number of aromatic nitrogens is 2. The molecule has 0 saturated heterocycles. The van der Waals surface area contributed by atoms with E-state index in [2.05, 4.69) is 20.0 Å². The summed E-state index contributed by atoms with van der Waals surface area (Å²) in [7, 11) is 0. The monoisotopic (exact) mass is 293 g/mol. The lowest BCUT2D eigenvalue weighted by atomic mass is 10.2. The number of imidazole rings is 1. The molecule has 6 heteroatoms. The predicted molar refractivity (Wildman–Crippen MR) is 75.1 cm³/mol. The van der Waals surface area contributed by atoms with Crippen molar-refractivity contribution in [3.05, 3.63) is 36.3 Å². The van der Waals surface area contributed by atoms with E-state index in [1.807, 2.05) is 0 Å². The van der Waals surface area contributed by atoms with E-state index in [0.29, 0.717) is 6.54 Å². The summed E-state index contributed by atoms with van der Waals surface area (Å²) in [6.45, 7) is -1.05. The van der Waals surface area contributed by atoms with E-state index in [9.17, 15) is 8.78 Å². The molecule has 0 aliphatic heterocycles. The van der Waals surface area contributed by atoms with Crippen molar-refractivity contribution in [3.63, 3.8) is 0 Å². The Morgan fingerprint density at radius 3 is 2.71 bits per heavy atom. The highest BCUT2D eigenvalue weighted by atomic mass is 19.3. The summed E-state index contributed by atoms with van der Waals surface area (Å²) in [4.78, 5) is 7.53. The molecule has 4 nitrogen and oxygen atoms in total. The quantitative estimate of drug-likeness (QED) is 0.824. The van der Waals surface area contributed by atoms with E-state index in [4.69, 9.17) is 0 Å². The Hall–Kier alpha value is -1.95. The van der Waals surface area contributed by atoms with Crippen LogP contribution in [0.25, 0.3) is 11.3 Å². The second-order valence-corrected chi connectivity index (χ2v) is 5.22. The third-order valence-corrected chi connectivity index (χ3v) is 3.44. The van der Waals surface area contributed by atoms with Gasteiger partial charge in [-0.2, -0.15) is 8.78 Å². The van der Waals surface area contributed by atoms with Crippen LogP contribution < -0.4 is 10.1 Å². The fraction of sp³-hybridized carbons (Fsp3) is 0.400. The van der Waals surface area contributed by atoms with Crippen molar-refractivity contribution in [2.45, 2.75) is 26.0 Å². The Kier molecular flexibility index (Phi) is 4.15. The van der Waals surface area contributed by atoms with E-state index in [1.54, 1.807) is 18.3 Å². The largest absolute Gasteiger partial charge is 0.435 e. The molecule has 0 amide bonds. The molecule has 2 N–H and O–H groups in total. The smallest absolute Gasteiger partial charge is 0.387 e. The zero-order valence-corrected chi connectivity index (χ0v) is 11.5. The van der Waals surface area contributed by atoms with E-state index >= 15 is 0 Å². The van der Waals surface area contributed by atoms with Gasteiger partial charge in [-0.25, -0.2) is 4.98 Å². The number of aromatic amines is 1. The Morgan fingerprint density at radius 1 is 1.29 bits per heavy atom. The van der Waals surface area contributed by atoms with Crippen LogP contribution in [0.1, 0.15) is 18.7 Å². The van der Waals surface area contributed by atoms with Crippen LogP contribution in [-0.4, -0.2) is 23.1 Å². The lowest BCUT2D eigenvalue weighted by molar-refractivity contribution is -0.0498. The van der Waals surface area contributed by atoms with Gasteiger partial charge < -0.3 is 15.0 Å². The first-order valence-corrected chi connectivity index (χ1v) is 7.00. The van der Waals surface area contributed by atoms with Gasteiger partial charge in [0.25, 0.3) is 0 Å². The third-order valence-electron chi connectivity index (χ3n) is 3.44. The highest BCUT2D eigenvalue weighted by molar-refractivity contribution is 5.59. The van der Waals surface area contributed by atoms with Crippen molar-refractivity contribution in [1.29, 1.82) is 0 Å². The number of nitrogens with one attached hydrogen (secondary N) is 2. The molecular weight excluding hydrogens is 276 g/mol. The van der Waals surface area contributed by atoms with Gasteiger partial charge in [-0.05, 0) is 55.1 Å². The molecule has 1 aromatic carbocycles. The van der Waals surface area contributed by atoms with Crippen molar-refractivity contribution in [2.24, 2.45) is 5.92 Å². The van der Waals surface area contributed by atoms with E-state index in [-0.39, 0.29) is 5.75 Å². The average molecular weight is 293 g/mol. The molecule has 1 aromatic heterocycles. The Labute approximate surface area is 121 Å².